The summed E-state index contributed by atoms with van der Waals surface area (Å²) in [6.07, 6.45) is 8.12. The van der Waals surface area contributed by atoms with Crippen LogP contribution in [0.25, 0.3) is 11.0 Å². The summed E-state index contributed by atoms with van der Waals surface area (Å²) in [6, 6.07) is 0. The van der Waals surface area contributed by atoms with Crippen molar-refractivity contribution < 1.29 is 9.84 Å². The molecule has 0 radical (unpaired) electrons. The van der Waals surface area contributed by atoms with Crippen molar-refractivity contribution in [2.24, 2.45) is 5.41 Å². The first-order valence-electron chi connectivity index (χ1n) is 8.95. The summed E-state index contributed by atoms with van der Waals surface area (Å²) < 4.78 is 6.64. The van der Waals surface area contributed by atoms with Crippen LogP contribution in [0.2, 0.25) is 5.28 Å². The highest BCUT2D eigenvalue weighted by molar-refractivity contribution is 6.28. The lowest BCUT2D eigenvalue weighted by atomic mass is 9.68. The third-order valence-electron chi connectivity index (χ3n) is 5.58. The quantitative estimate of drug-likeness (QED) is 0.648. The van der Waals surface area contributed by atoms with Crippen LogP contribution < -0.4 is 4.90 Å². The molecule has 4 rings (SSSR count). The van der Waals surface area contributed by atoms with Gasteiger partial charge in [-0.1, -0.05) is 19.3 Å². The molecule has 25 heavy (non-hydrogen) atoms. The van der Waals surface area contributed by atoms with Gasteiger partial charge in [0.1, 0.15) is 5.82 Å². The zero-order valence-electron chi connectivity index (χ0n) is 14.5. The van der Waals surface area contributed by atoms with Crippen molar-refractivity contribution in [2.75, 3.05) is 25.1 Å². The Hall–Kier alpha value is -1.44. The predicted molar refractivity (Wildman–Crippen MR) is 95.7 cm³/mol. The van der Waals surface area contributed by atoms with Crippen molar-refractivity contribution in [1.82, 2.24) is 19.7 Å². The number of anilines is 1. The number of aromatic nitrogens is 4. The molecular formula is C17H24ClN5O2. The van der Waals surface area contributed by atoms with E-state index < -0.39 is 6.29 Å². The summed E-state index contributed by atoms with van der Waals surface area (Å²) in [5, 5.41) is 15.1. The molecule has 0 bridgehead atoms. The lowest BCUT2D eigenvalue weighted by Crippen LogP contribution is -2.57. The fourth-order valence-corrected chi connectivity index (χ4v) is 4.36. The van der Waals surface area contributed by atoms with Gasteiger partial charge in [-0.2, -0.15) is 15.1 Å². The van der Waals surface area contributed by atoms with Crippen molar-refractivity contribution >= 4 is 28.5 Å². The molecule has 1 N–H and O–H groups in total. The molecule has 7 nitrogen and oxygen atoms in total. The van der Waals surface area contributed by atoms with Gasteiger partial charge < -0.3 is 14.7 Å². The standard InChI is InChI=1S/C17H24ClN5O2/c1-25-13(24)5-8-23-15-12(9-19-23)14(20-16(18)21-15)22-10-17(11-22)6-3-2-4-7-17/h9,13,24H,2-8,10-11H2,1H3. The van der Waals surface area contributed by atoms with Crippen LogP contribution >= 0.6 is 11.6 Å². The van der Waals surface area contributed by atoms with Crippen LogP contribution in [0.5, 0.6) is 0 Å². The molecule has 2 aromatic heterocycles. The zero-order valence-corrected chi connectivity index (χ0v) is 15.2. The van der Waals surface area contributed by atoms with E-state index in [4.69, 9.17) is 16.3 Å². The van der Waals surface area contributed by atoms with E-state index in [1.807, 2.05) is 0 Å². The van der Waals surface area contributed by atoms with Crippen molar-refractivity contribution in [1.29, 1.82) is 0 Å². The van der Waals surface area contributed by atoms with Crippen LogP contribution in [0.15, 0.2) is 6.20 Å². The minimum absolute atomic E-state index is 0.237. The summed E-state index contributed by atoms with van der Waals surface area (Å²) in [6.45, 7) is 2.60. The van der Waals surface area contributed by atoms with E-state index in [0.29, 0.717) is 24.0 Å². The number of nitrogens with zero attached hydrogens (tertiary/aromatic N) is 5. The minimum Gasteiger partial charge on any atom is -0.368 e. The van der Waals surface area contributed by atoms with Gasteiger partial charge in [-0.3, -0.25) is 0 Å². The fourth-order valence-electron chi connectivity index (χ4n) is 4.20. The highest BCUT2D eigenvalue weighted by Gasteiger charge is 2.44. The third kappa shape index (κ3) is 3.20. The maximum atomic E-state index is 9.58. The van der Waals surface area contributed by atoms with E-state index in [1.165, 1.54) is 39.2 Å². The second-order valence-electron chi connectivity index (χ2n) is 7.32. The van der Waals surface area contributed by atoms with Gasteiger partial charge in [0.2, 0.25) is 5.28 Å². The van der Waals surface area contributed by atoms with Crippen molar-refractivity contribution in [3.63, 3.8) is 0 Å². The van der Waals surface area contributed by atoms with Gasteiger partial charge in [-0.05, 0) is 24.4 Å². The van der Waals surface area contributed by atoms with Gasteiger partial charge in [0.25, 0.3) is 0 Å². The molecule has 2 aromatic rings. The van der Waals surface area contributed by atoms with Gasteiger partial charge in [0, 0.05) is 38.6 Å². The first kappa shape index (κ1) is 17.0. The Morgan fingerprint density at radius 1 is 1.28 bits per heavy atom. The number of methoxy groups -OCH3 is 1. The minimum atomic E-state index is -0.808. The van der Waals surface area contributed by atoms with E-state index >= 15 is 0 Å². The van der Waals surface area contributed by atoms with E-state index in [9.17, 15) is 5.11 Å². The van der Waals surface area contributed by atoms with E-state index in [0.717, 1.165) is 24.3 Å². The number of hydrogen-bond donors (Lipinski definition) is 1. The summed E-state index contributed by atoms with van der Waals surface area (Å²) >= 11 is 6.18. The van der Waals surface area contributed by atoms with E-state index in [2.05, 4.69) is 20.0 Å². The highest BCUT2D eigenvalue weighted by atomic mass is 35.5. The molecule has 2 fully saturated rings. The maximum absolute atomic E-state index is 9.58. The molecule has 1 atom stereocenters. The Morgan fingerprint density at radius 3 is 2.76 bits per heavy atom. The van der Waals surface area contributed by atoms with Crippen LogP contribution in [0.1, 0.15) is 38.5 Å². The molecule has 3 heterocycles. The number of hydrogen-bond acceptors (Lipinski definition) is 6. The predicted octanol–water partition coefficient (Wildman–Crippen LogP) is 2.61. The fraction of sp³-hybridized carbons (Fsp3) is 0.706. The van der Waals surface area contributed by atoms with Crippen molar-refractivity contribution in [2.45, 2.75) is 51.4 Å². The lowest BCUT2D eigenvalue weighted by molar-refractivity contribution is -0.0805. The summed E-state index contributed by atoms with van der Waals surface area (Å²) in [4.78, 5) is 11.1. The highest BCUT2D eigenvalue weighted by Crippen LogP contribution is 2.46. The molecule has 1 spiro atoms. The van der Waals surface area contributed by atoms with Crippen molar-refractivity contribution in [3.8, 4) is 0 Å². The Balaban J connectivity index is 1.57. The van der Waals surface area contributed by atoms with Gasteiger partial charge in [0.15, 0.2) is 11.9 Å². The first-order chi connectivity index (χ1) is 12.1. The number of fused-ring (bicyclic) bond motifs is 1. The molecule has 0 amide bonds. The average molecular weight is 366 g/mol. The van der Waals surface area contributed by atoms with Crippen LogP contribution in [0, 0.1) is 5.41 Å². The molecule has 8 heteroatoms. The van der Waals surface area contributed by atoms with Crippen LogP contribution in [0.4, 0.5) is 5.82 Å². The van der Waals surface area contributed by atoms with Crippen molar-refractivity contribution in [3.05, 3.63) is 11.5 Å². The lowest BCUT2D eigenvalue weighted by Gasteiger charge is -2.53. The van der Waals surface area contributed by atoms with E-state index in [1.54, 1.807) is 10.9 Å². The molecule has 1 saturated carbocycles. The van der Waals surface area contributed by atoms with Crippen LogP contribution in [-0.4, -0.2) is 51.3 Å². The second kappa shape index (κ2) is 6.70. The Labute approximate surface area is 151 Å². The number of aliphatic hydroxyl groups excluding tert-OH is 1. The number of ether oxygens (including phenoxy) is 1. The number of rotatable bonds is 5. The summed E-state index contributed by atoms with van der Waals surface area (Å²) in [5.74, 6) is 0.879. The molecule has 1 aliphatic carbocycles. The topological polar surface area (TPSA) is 76.3 Å². The van der Waals surface area contributed by atoms with E-state index in [-0.39, 0.29) is 5.28 Å². The second-order valence-corrected chi connectivity index (χ2v) is 7.66. The SMILES string of the molecule is COC(O)CCn1ncc2c(N3CC4(CCCCC4)C3)nc(Cl)nc21. The van der Waals surface area contributed by atoms with Gasteiger partial charge in [-0.15, -0.1) is 0 Å². The Kier molecular flexibility index (Phi) is 4.56. The summed E-state index contributed by atoms with van der Waals surface area (Å²) in [5.41, 5.74) is 1.18. The van der Waals surface area contributed by atoms with Crippen LogP contribution in [-0.2, 0) is 11.3 Å². The largest absolute Gasteiger partial charge is 0.368 e. The summed E-state index contributed by atoms with van der Waals surface area (Å²) in [7, 11) is 1.48. The number of aryl methyl sites for hydroxylation is 1. The molecular weight excluding hydrogens is 342 g/mol. The number of halogens is 1. The monoisotopic (exact) mass is 365 g/mol. The smallest absolute Gasteiger partial charge is 0.226 e. The molecule has 0 aromatic carbocycles. The zero-order chi connectivity index (χ0) is 17.4. The number of aliphatic hydroxyl groups is 1. The Morgan fingerprint density at radius 2 is 2.04 bits per heavy atom. The Bertz CT molecular complexity index is 751. The first-order valence-corrected chi connectivity index (χ1v) is 9.33. The maximum Gasteiger partial charge on any atom is 0.226 e. The van der Waals surface area contributed by atoms with Gasteiger partial charge in [-0.25, -0.2) is 4.68 Å². The van der Waals surface area contributed by atoms with Gasteiger partial charge >= 0.3 is 0 Å². The normalized spacial score (nSPS) is 20.8. The van der Waals surface area contributed by atoms with Gasteiger partial charge in [0.05, 0.1) is 11.6 Å². The average Bonchev–Trinajstić information content (AvgIpc) is 3.00. The molecule has 1 aliphatic heterocycles. The molecule has 2 aliphatic rings. The molecule has 136 valence electrons. The molecule has 1 unspecified atom stereocenters. The van der Waals surface area contributed by atoms with Crippen LogP contribution in [0.3, 0.4) is 0 Å². The third-order valence-corrected chi connectivity index (χ3v) is 5.74. The molecule has 1 saturated heterocycles.